The number of rotatable bonds is 5. The number of Topliss-reactive ketones (excluding diaryl/α,β-unsaturated/α-hetero) is 1. The van der Waals surface area contributed by atoms with Crippen molar-refractivity contribution < 1.29 is 22.4 Å². The normalized spacial score (nSPS) is 11.6. The molecule has 2 aromatic carbocycles. The van der Waals surface area contributed by atoms with E-state index in [1.807, 2.05) is 0 Å². The van der Waals surface area contributed by atoms with Gasteiger partial charge in [0.05, 0.1) is 4.90 Å². The fraction of sp³-hybridized carbons (Fsp3) is 0.0588. The SMILES string of the molecule is CS(=O)(=O)c1ccc2c(Sc3ccccc3F)c(C(=O)C(N)=O)[nH]c2c1. The van der Waals surface area contributed by atoms with Gasteiger partial charge in [-0.3, -0.25) is 9.59 Å². The van der Waals surface area contributed by atoms with Crippen LogP contribution in [-0.2, 0) is 14.6 Å². The van der Waals surface area contributed by atoms with Crippen LogP contribution in [0, 0.1) is 5.82 Å². The van der Waals surface area contributed by atoms with E-state index in [1.54, 1.807) is 6.07 Å². The number of nitrogens with one attached hydrogen (secondary N) is 1. The predicted octanol–water partition coefficient (Wildman–Crippen LogP) is 2.53. The largest absolute Gasteiger partial charge is 0.363 e. The molecule has 3 N–H and O–H groups in total. The first-order valence-electron chi connectivity index (χ1n) is 7.31. The summed E-state index contributed by atoms with van der Waals surface area (Å²) in [5, 5.41) is 0.482. The third-order valence-electron chi connectivity index (χ3n) is 3.65. The molecule has 3 aromatic rings. The quantitative estimate of drug-likeness (QED) is 0.512. The van der Waals surface area contributed by atoms with Gasteiger partial charge in [0.15, 0.2) is 9.84 Å². The molecule has 0 saturated heterocycles. The summed E-state index contributed by atoms with van der Waals surface area (Å²) in [5.41, 5.74) is 5.32. The minimum atomic E-state index is -3.46. The number of primary amides is 1. The highest BCUT2D eigenvalue weighted by molar-refractivity contribution is 7.99. The Morgan fingerprint density at radius 2 is 1.85 bits per heavy atom. The summed E-state index contributed by atoms with van der Waals surface area (Å²) in [5.74, 6) is -2.63. The lowest BCUT2D eigenvalue weighted by molar-refractivity contribution is -0.114. The molecule has 6 nitrogen and oxygen atoms in total. The van der Waals surface area contributed by atoms with E-state index in [-0.39, 0.29) is 15.5 Å². The maximum atomic E-state index is 14.0. The Morgan fingerprint density at radius 3 is 2.46 bits per heavy atom. The van der Waals surface area contributed by atoms with E-state index < -0.39 is 27.3 Å². The van der Waals surface area contributed by atoms with Crippen LogP contribution in [0.2, 0.25) is 0 Å². The molecule has 0 bridgehead atoms. The number of ketones is 1. The van der Waals surface area contributed by atoms with E-state index in [0.717, 1.165) is 18.0 Å². The van der Waals surface area contributed by atoms with Crippen LogP contribution in [0.1, 0.15) is 10.5 Å². The summed E-state index contributed by atoms with van der Waals surface area (Å²) in [6.45, 7) is 0. The molecule has 0 atom stereocenters. The number of amides is 1. The number of fused-ring (bicyclic) bond motifs is 1. The summed E-state index contributed by atoms with van der Waals surface area (Å²) < 4.78 is 37.5. The van der Waals surface area contributed by atoms with Crippen molar-refractivity contribution in [1.82, 2.24) is 4.98 Å². The molecule has 0 unspecified atom stereocenters. The van der Waals surface area contributed by atoms with Crippen molar-refractivity contribution in [2.75, 3.05) is 6.26 Å². The molecule has 1 amide bonds. The number of halogens is 1. The lowest BCUT2D eigenvalue weighted by Gasteiger charge is -2.04. The van der Waals surface area contributed by atoms with Gasteiger partial charge < -0.3 is 10.7 Å². The first-order valence-corrected chi connectivity index (χ1v) is 10.0. The fourth-order valence-electron chi connectivity index (χ4n) is 2.41. The predicted molar refractivity (Wildman–Crippen MR) is 95.5 cm³/mol. The van der Waals surface area contributed by atoms with Crippen LogP contribution >= 0.6 is 11.8 Å². The number of hydrogen-bond acceptors (Lipinski definition) is 5. The molecule has 1 aromatic heterocycles. The zero-order valence-electron chi connectivity index (χ0n) is 13.4. The van der Waals surface area contributed by atoms with E-state index in [4.69, 9.17) is 5.73 Å². The Bertz CT molecular complexity index is 1150. The Morgan fingerprint density at radius 1 is 1.15 bits per heavy atom. The number of aromatic amines is 1. The van der Waals surface area contributed by atoms with E-state index in [0.29, 0.717) is 15.8 Å². The molecule has 0 fully saturated rings. The van der Waals surface area contributed by atoms with Gasteiger partial charge in [-0.25, -0.2) is 12.8 Å². The number of carbonyl (C=O) groups is 2. The number of benzene rings is 2. The summed E-state index contributed by atoms with van der Waals surface area (Å²) in [7, 11) is -3.46. The maximum absolute atomic E-state index is 14.0. The van der Waals surface area contributed by atoms with Gasteiger partial charge in [0.1, 0.15) is 11.5 Å². The van der Waals surface area contributed by atoms with E-state index >= 15 is 0 Å². The van der Waals surface area contributed by atoms with Crippen molar-refractivity contribution in [1.29, 1.82) is 0 Å². The molecule has 0 radical (unpaired) electrons. The Balaban J connectivity index is 2.24. The van der Waals surface area contributed by atoms with Crippen LogP contribution < -0.4 is 5.73 Å². The molecular weight excluding hydrogens is 379 g/mol. The number of hydrogen-bond donors (Lipinski definition) is 2. The van der Waals surface area contributed by atoms with Gasteiger partial charge in [0.2, 0.25) is 0 Å². The van der Waals surface area contributed by atoms with Crippen molar-refractivity contribution in [3.8, 4) is 0 Å². The number of sulfone groups is 1. The molecular formula is C17H13FN2O4S2. The van der Waals surface area contributed by atoms with Gasteiger partial charge in [-0.05, 0) is 24.3 Å². The summed E-state index contributed by atoms with van der Waals surface area (Å²) >= 11 is 0.952. The van der Waals surface area contributed by atoms with Gasteiger partial charge in [-0.1, -0.05) is 30.0 Å². The Hall–Kier alpha value is -2.65. The minimum Gasteiger partial charge on any atom is -0.363 e. The van der Waals surface area contributed by atoms with E-state index in [2.05, 4.69) is 4.98 Å². The second-order valence-electron chi connectivity index (χ2n) is 5.53. The highest BCUT2D eigenvalue weighted by Gasteiger charge is 2.24. The molecule has 3 rings (SSSR count). The van der Waals surface area contributed by atoms with Gasteiger partial charge in [-0.2, -0.15) is 0 Å². The highest BCUT2D eigenvalue weighted by Crippen LogP contribution is 2.38. The minimum absolute atomic E-state index is 0.0479. The molecule has 1 heterocycles. The van der Waals surface area contributed by atoms with Crippen LogP contribution in [0.5, 0.6) is 0 Å². The van der Waals surface area contributed by atoms with Crippen molar-refractivity contribution in [2.45, 2.75) is 14.7 Å². The second-order valence-corrected chi connectivity index (χ2v) is 8.60. The van der Waals surface area contributed by atoms with Crippen LogP contribution in [0.15, 0.2) is 57.2 Å². The topological polar surface area (TPSA) is 110 Å². The first-order chi connectivity index (χ1) is 12.2. The monoisotopic (exact) mass is 392 g/mol. The highest BCUT2D eigenvalue weighted by atomic mass is 32.2. The lowest BCUT2D eigenvalue weighted by atomic mass is 10.2. The number of H-pyrrole nitrogens is 1. The van der Waals surface area contributed by atoms with Gasteiger partial charge in [-0.15, -0.1) is 0 Å². The first kappa shape index (κ1) is 18.2. The zero-order chi connectivity index (χ0) is 19.1. The average molecular weight is 392 g/mol. The van der Waals surface area contributed by atoms with Crippen molar-refractivity contribution in [3.05, 3.63) is 54.0 Å². The second kappa shape index (κ2) is 6.58. The van der Waals surface area contributed by atoms with Crippen LogP contribution in [-0.4, -0.2) is 31.3 Å². The van der Waals surface area contributed by atoms with Crippen LogP contribution in [0.25, 0.3) is 10.9 Å². The number of carbonyl (C=O) groups excluding carboxylic acids is 2. The van der Waals surface area contributed by atoms with Gasteiger partial charge in [0, 0.05) is 26.9 Å². The average Bonchev–Trinajstić information content (AvgIpc) is 2.93. The lowest BCUT2D eigenvalue weighted by Crippen LogP contribution is -2.23. The number of nitrogens with two attached hydrogens (primary N) is 1. The summed E-state index contributed by atoms with van der Waals surface area (Å²) in [6.07, 6.45) is 1.06. The molecule has 134 valence electrons. The summed E-state index contributed by atoms with van der Waals surface area (Å²) in [4.78, 5) is 26.8. The maximum Gasteiger partial charge on any atom is 0.291 e. The Labute approximate surface area is 152 Å². The molecule has 0 aliphatic rings. The van der Waals surface area contributed by atoms with E-state index in [1.165, 1.54) is 36.4 Å². The van der Waals surface area contributed by atoms with Crippen molar-refractivity contribution >= 4 is 44.2 Å². The Kier molecular flexibility index (Phi) is 4.59. The van der Waals surface area contributed by atoms with Gasteiger partial charge >= 0.3 is 0 Å². The standard InChI is InChI=1S/C17H13FN2O4S2/c1-26(23,24)9-6-7-10-12(8-9)20-14(15(21)17(19)22)16(10)25-13-5-3-2-4-11(13)18/h2-8,20H,1H3,(H2,19,22). The van der Waals surface area contributed by atoms with Crippen molar-refractivity contribution in [3.63, 3.8) is 0 Å². The van der Waals surface area contributed by atoms with Gasteiger partial charge in [0.25, 0.3) is 11.7 Å². The van der Waals surface area contributed by atoms with Crippen molar-refractivity contribution in [2.24, 2.45) is 5.73 Å². The molecule has 0 aliphatic heterocycles. The molecule has 0 spiro atoms. The van der Waals surface area contributed by atoms with Crippen LogP contribution in [0.4, 0.5) is 4.39 Å². The molecule has 0 saturated carbocycles. The van der Waals surface area contributed by atoms with Crippen LogP contribution in [0.3, 0.4) is 0 Å². The smallest absolute Gasteiger partial charge is 0.291 e. The molecule has 9 heteroatoms. The molecule has 26 heavy (non-hydrogen) atoms. The van der Waals surface area contributed by atoms with E-state index in [9.17, 15) is 22.4 Å². The zero-order valence-corrected chi connectivity index (χ0v) is 15.1. The summed E-state index contributed by atoms with van der Waals surface area (Å²) in [6, 6.07) is 10.2. The third kappa shape index (κ3) is 3.35. The number of aromatic nitrogens is 1. The molecule has 0 aliphatic carbocycles. The third-order valence-corrected chi connectivity index (χ3v) is 5.94. The fourth-order valence-corrected chi connectivity index (χ4v) is 4.12.